The lowest BCUT2D eigenvalue weighted by Gasteiger charge is -2.15. The maximum Gasteiger partial charge on any atom is 0.203 e. The summed E-state index contributed by atoms with van der Waals surface area (Å²) in [4.78, 5) is 17.5. The molecule has 0 spiro atoms. The Labute approximate surface area is 163 Å². The van der Waals surface area contributed by atoms with E-state index in [0.717, 1.165) is 0 Å². The molecule has 0 aliphatic heterocycles. The molecule has 3 rings (SSSR count). The van der Waals surface area contributed by atoms with Gasteiger partial charge in [0.1, 0.15) is 0 Å². The van der Waals surface area contributed by atoms with Crippen molar-refractivity contribution in [2.24, 2.45) is 0 Å². The van der Waals surface area contributed by atoms with Crippen LogP contribution in [0.25, 0.3) is 0 Å². The first-order valence-corrected chi connectivity index (χ1v) is 8.50. The first kappa shape index (κ1) is 19.0. The topological polar surface area (TPSA) is 95.7 Å². The Morgan fingerprint density at radius 1 is 0.964 bits per heavy atom. The smallest absolute Gasteiger partial charge is 0.203 e. The van der Waals surface area contributed by atoms with E-state index in [9.17, 15) is 4.79 Å². The van der Waals surface area contributed by atoms with Crippen molar-refractivity contribution in [1.82, 2.24) is 4.98 Å². The number of methoxy groups -OCH3 is 3. The molecule has 0 saturated carbocycles. The number of nitrogens with one attached hydrogen (secondary N) is 1. The lowest BCUT2D eigenvalue weighted by molar-refractivity contribution is 0.103. The molecule has 7 heteroatoms. The van der Waals surface area contributed by atoms with Crippen molar-refractivity contribution in [2.45, 2.75) is 0 Å². The highest BCUT2D eigenvalue weighted by atomic mass is 16.5. The van der Waals surface area contributed by atoms with E-state index < -0.39 is 0 Å². The number of anilines is 3. The zero-order valence-corrected chi connectivity index (χ0v) is 15.9. The van der Waals surface area contributed by atoms with E-state index in [2.05, 4.69) is 10.3 Å². The van der Waals surface area contributed by atoms with Crippen molar-refractivity contribution < 1.29 is 19.0 Å². The van der Waals surface area contributed by atoms with Gasteiger partial charge in [-0.05, 0) is 36.4 Å². The second kappa shape index (κ2) is 8.30. The minimum absolute atomic E-state index is 0.211. The van der Waals surface area contributed by atoms with Gasteiger partial charge < -0.3 is 25.3 Å². The van der Waals surface area contributed by atoms with Gasteiger partial charge in [-0.25, -0.2) is 4.98 Å². The van der Waals surface area contributed by atoms with Gasteiger partial charge in [0.15, 0.2) is 23.1 Å². The second-order valence-electron chi connectivity index (χ2n) is 5.85. The molecule has 0 fully saturated rings. The first-order valence-electron chi connectivity index (χ1n) is 8.50. The Morgan fingerprint density at radius 2 is 1.64 bits per heavy atom. The molecule has 0 unspecified atom stereocenters. The zero-order chi connectivity index (χ0) is 20.1. The van der Waals surface area contributed by atoms with E-state index in [-0.39, 0.29) is 5.78 Å². The Kier molecular flexibility index (Phi) is 5.64. The maximum atomic E-state index is 13.2. The van der Waals surface area contributed by atoms with Gasteiger partial charge in [0.2, 0.25) is 5.75 Å². The highest BCUT2D eigenvalue weighted by Crippen LogP contribution is 2.39. The van der Waals surface area contributed by atoms with Gasteiger partial charge in [0, 0.05) is 17.3 Å². The van der Waals surface area contributed by atoms with Crippen molar-refractivity contribution in [3.05, 3.63) is 65.9 Å². The number of benzene rings is 2. The Bertz CT molecular complexity index is 979. The van der Waals surface area contributed by atoms with E-state index in [1.807, 2.05) is 6.07 Å². The standard InChI is InChI=1S/C21H21N3O4/c1-26-17-11-13(12-18(27-2)20(17)28-3)19(25)14-7-4-5-9-16(14)24-21-15(22)8-6-10-23-21/h4-12H,22H2,1-3H3,(H,23,24). The molecule has 0 bridgehead atoms. The van der Waals surface area contributed by atoms with Gasteiger partial charge in [-0.1, -0.05) is 12.1 Å². The van der Waals surface area contributed by atoms with E-state index in [0.29, 0.717) is 45.6 Å². The first-order chi connectivity index (χ1) is 13.6. The van der Waals surface area contributed by atoms with E-state index in [1.54, 1.807) is 48.7 Å². The summed E-state index contributed by atoms with van der Waals surface area (Å²) in [7, 11) is 4.52. The number of nitrogens with zero attached hydrogens (tertiary/aromatic N) is 1. The van der Waals surface area contributed by atoms with E-state index in [4.69, 9.17) is 19.9 Å². The summed E-state index contributed by atoms with van der Waals surface area (Å²) < 4.78 is 16.0. The molecule has 0 atom stereocenters. The van der Waals surface area contributed by atoms with Crippen molar-refractivity contribution in [1.29, 1.82) is 0 Å². The minimum Gasteiger partial charge on any atom is -0.493 e. The van der Waals surface area contributed by atoms with Gasteiger partial charge in [-0.2, -0.15) is 0 Å². The normalized spacial score (nSPS) is 10.2. The van der Waals surface area contributed by atoms with Crippen molar-refractivity contribution in [3.8, 4) is 17.2 Å². The molecule has 0 radical (unpaired) electrons. The van der Waals surface area contributed by atoms with Gasteiger partial charge in [-0.15, -0.1) is 0 Å². The summed E-state index contributed by atoms with van der Waals surface area (Å²) >= 11 is 0. The van der Waals surface area contributed by atoms with Gasteiger partial charge in [-0.3, -0.25) is 4.79 Å². The number of hydrogen-bond acceptors (Lipinski definition) is 7. The van der Waals surface area contributed by atoms with Gasteiger partial charge >= 0.3 is 0 Å². The molecule has 3 aromatic rings. The molecule has 1 heterocycles. The third-order valence-electron chi connectivity index (χ3n) is 4.19. The third kappa shape index (κ3) is 3.68. The molecule has 7 nitrogen and oxygen atoms in total. The molecular formula is C21H21N3O4. The molecule has 0 aliphatic carbocycles. The molecule has 1 aromatic heterocycles. The second-order valence-corrected chi connectivity index (χ2v) is 5.85. The number of ether oxygens (including phenoxy) is 3. The van der Waals surface area contributed by atoms with Gasteiger partial charge in [0.25, 0.3) is 0 Å². The molecule has 0 amide bonds. The summed E-state index contributed by atoms with van der Waals surface area (Å²) in [5.41, 5.74) is 7.89. The van der Waals surface area contributed by atoms with Crippen LogP contribution >= 0.6 is 0 Å². The van der Waals surface area contributed by atoms with Crippen LogP contribution < -0.4 is 25.3 Å². The molecule has 28 heavy (non-hydrogen) atoms. The fourth-order valence-corrected chi connectivity index (χ4v) is 2.81. The van der Waals surface area contributed by atoms with Crippen molar-refractivity contribution >= 4 is 23.0 Å². The van der Waals surface area contributed by atoms with Gasteiger partial charge in [0.05, 0.1) is 32.7 Å². The van der Waals surface area contributed by atoms with Crippen LogP contribution in [-0.4, -0.2) is 32.1 Å². The highest BCUT2D eigenvalue weighted by Gasteiger charge is 2.20. The van der Waals surface area contributed by atoms with Crippen LogP contribution in [0.15, 0.2) is 54.7 Å². The number of rotatable bonds is 7. The highest BCUT2D eigenvalue weighted by molar-refractivity contribution is 6.13. The lowest BCUT2D eigenvalue weighted by atomic mass is 10.0. The quantitative estimate of drug-likeness (QED) is 0.605. The van der Waals surface area contributed by atoms with Crippen LogP contribution in [0, 0.1) is 0 Å². The van der Waals surface area contributed by atoms with Crippen LogP contribution in [0.1, 0.15) is 15.9 Å². The van der Waals surface area contributed by atoms with Crippen LogP contribution in [-0.2, 0) is 0 Å². The average Bonchev–Trinajstić information content (AvgIpc) is 2.74. The van der Waals surface area contributed by atoms with E-state index in [1.165, 1.54) is 21.3 Å². The Morgan fingerprint density at radius 3 is 2.25 bits per heavy atom. The zero-order valence-electron chi connectivity index (χ0n) is 15.9. The number of carbonyl (C=O) groups excluding carboxylic acids is 1. The predicted molar refractivity (Wildman–Crippen MR) is 108 cm³/mol. The fourth-order valence-electron chi connectivity index (χ4n) is 2.81. The van der Waals surface area contributed by atoms with Crippen molar-refractivity contribution in [3.63, 3.8) is 0 Å². The fraction of sp³-hybridized carbons (Fsp3) is 0.143. The number of aromatic nitrogens is 1. The summed E-state index contributed by atoms with van der Waals surface area (Å²) in [5.74, 6) is 1.51. The van der Waals surface area contributed by atoms with E-state index >= 15 is 0 Å². The SMILES string of the molecule is COc1cc(C(=O)c2ccccc2Nc2ncccc2N)cc(OC)c1OC. The molecule has 144 valence electrons. The van der Waals surface area contributed by atoms with Crippen molar-refractivity contribution in [2.75, 3.05) is 32.4 Å². The average molecular weight is 379 g/mol. The number of hydrogen-bond donors (Lipinski definition) is 2. The number of para-hydroxylation sites is 1. The third-order valence-corrected chi connectivity index (χ3v) is 4.19. The minimum atomic E-state index is -0.211. The maximum absolute atomic E-state index is 13.2. The van der Waals surface area contributed by atoms with Crippen LogP contribution in [0.4, 0.5) is 17.2 Å². The monoisotopic (exact) mass is 379 g/mol. The molecule has 0 saturated heterocycles. The number of carbonyl (C=O) groups is 1. The Hall–Kier alpha value is -3.74. The number of nitrogen functional groups attached to an aromatic ring is 1. The number of nitrogens with two attached hydrogens (primary N) is 1. The summed E-state index contributed by atoms with van der Waals surface area (Å²) in [6, 6.07) is 13.9. The van der Waals surface area contributed by atoms with Crippen LogP contribution in [0.5, 0.6) is 17.2 Å². The molecule has 3 N–H and O–H groups in total. The van der Waals surface area contributed by atoms with Crippen LogP contribution in [0.2, 0.25) is 0 Å². The molecular weight excluding hydrogens is 358 g/mol. The van der Waals surface area contributed by atoms with Crippen LogP contribution in [0.3, 0.4) is 0 Å². The lowest BCUT2D eigenvalue weighted by Crippen LogP contribution is -2.08. The predicted octanol–water partition coefficient (Wildman–Crippen LogP) is 3.66. The molecule has 0 aliphatic rings. The number of pyridine rings is 1. The number of ketones is 1. The largest absolute Gasteiger partial charge is 0.493 e. The summed E-state index contributed by atoms with van der Waals surface area (Å²) in [6.45, 7) is 0. The summed E-state index contributed by atoms with van der Waals surface area (Å²) in [5, 5.41) is 3.13. The summed E-state index contributed by atoms with van der Waals surface area (Å²) in [6.07, 6.45) is 1.63. The Balaban J connectivity index is 2.03. The molecule has 2 aromatic carbocycles.